The Bertz CT molecular complexity index is 1090. The second-order valence-corrected chi connectivity index (χ2v) is 7.72. The maximum absolute atomic E-state index is 13.8. The zero-order chi connectivity index (χ0) is 24.9. The van der Waals surface area contributed by atoms with Gasteiger partial charge in [-0.3, -0.25) is 4.79 Å². The van der Waals surface area contributed by atoms with Crippen LogP contribution in [-0.2, 0) is 18.0 Å². The van der Waals surface area contributed by atoms with Gasteiger partial charge in [-0.2, -0.15) is 13.2 Å². The minimum absolute atomic E-state index is 0.102. The number of rotatable bonds is 8. The summed E-state index contributed by atoms with van der Waals surface area (Å²) >= 11 is 0. The molecule has 8 heteroatoms. The lowest BCUT2D eigenvalue weighted by molar-refractivity contribution is -0.139. The first-order valence-corrected chi connectivity index (χ1v) is 10.3. The van der Waals surface area contributed by atoms with E-state index in [1.54, 1.807) is 41.8 Å². The summed E-state index contributed by atoms with van der Waals surface area (Å²) in [6.45, 7) is 9.97. The number of allylic oxidation sites excluding steroid dienone is 2. The van der Waals surface area contributed by atoms with E-state index in [9.17, 15) is 22.4 Å². The Balaban J connectivity index is 2.53. The standard InChI is InChI=1S/C25H28F4N2O2/c1-7-17(22(33-6)13-16(3)4)15-31(8-2)24(32)23-19(11-12-30(23)5)18-9-10-21(26)20(14-18)25(27,28)29/h7,9-14H,1,8,15H2,2-6H3/b22-17-. The number of likely N-dealkylation sites (N-methyl/N-ethyl adjacent to an activating group) is 1. The van der Waals surface area contributed by atoms with Crippen molar-refractivity contribution in [2.24, 2.45) is 7.05 Å². The summed E-state index contributed by atoms with van der Waals surface area (Å²) in [5, 5.41) is 0. The maximum atomic E-state index is 13.8. The van der Waals surface area contributed by atoms with Gasteiger partial charge in [0.25, 0.3) is 5.91 Å². The fourth-order valence-corrected chi connectivity index (χ4v) is 3.41. The molecule has 0 radical (unpaired) electrons. The molecule has 2 aromatic rings. The van der Waals surface area contributed by atoms with Crippen LogP contribution in [0.15, 0.2) is 66.1 Å². The molecule has 0 aliphatic rings. The summed E-state index contributed by atoms with van der Waals surface area (Å²) in [5.41, 5.74) is 0.893. The number of aryl methyl sites for hydroxylation is 1. The molecule has 1 aromatic carbocycles. The Kier molecular flexibility index (Phi) is 8.30. The van der Waals surface area contributed by atoms with Crippen LogP contribution in [-0.4, -0.2) is 35.6 Å². The van der Waals surface area contributed by atoms with Crippen LogP contribution in [0.1, 0.15) is 36.8 Å². The van der Waals surface area contributed by atoms with Gasteiger partial charge in [0.15, 0.2) is 0 Å². The summed E-state index contributed by atoms with van der Waals surface area (Å²) in [5.74, 6) is -1.18. The first kappa shape index (κ1) is 26.0. The van der Waals surface area contributed by atoms with Crippen molar-refractivity contribution in [1.29, 1.82) is 0 Å². The van der Waals surface area contributed by atoms with Crippen LogP contribution < -0.4 is 0 Å². The number of alkyl halides is 3. The van der Waals surface area contributed by atoms with E-state index in [1.807, 2.05) is 19.9 Å². The molecular formula is C25H28F4N2O2. The van der Waals surface area contributed by atoms with Crippen LogP contribution in [0.3, 0.4) is 0 Å². The van der Waals surface area contributed by atoms with Crippen molar-refractivity contribution >= 4 is 5.91 Å². The highest BCUT2D eigenvalue weighted by atomic mass is 19.4. The molecule has 0 saturated carbocycles. The Morgan fingerprint density at radius 1 is 1.24 bits per heavy atom. The second kappa shape index (κ2) is 10.6. The predicted octanol–water partition coefficient (Wildman–Crippen LogP) is 6.36. The van der Waals surface area contributed by atoms with Crippen LogP contribution in [0, 0.1) is 5.82 Å². The number of benzene rings is 1. The summed E-state index contributed by atoms with van der Waals surface area (Å²) in [4.78, 5) is 15.0. The van der Waals surface area contributed by atoms with E-state index in [0.29, 0.717) is 17.9 Å². The number of aromatic nitrogens is 1. The molecule has 4 nitrogen and oxygen atoms in total. The second-order valence-electron chi connectivity index (χ2n) is 7.72. The van der Waals surface area contributed by atoms with Crippen molar-refractivity contribution < 1.29 is 27.1 Å². The van der Waals surface area contributed by atoms with E-state index in [0.717, 1.165) is 17.7 Å². The summed E-state index contributed by atoms with van der Waals surface area (Å²) in [7, 11) is 3.16. The van der Waals surface area contributed by atoms with Gasteiger partial charge in [-0.25, -0.2) is 4.39 Å². The molecule has 178 valence electrons. The molecule has 0 aliphatic heterocycles. The number of ether oxygens (including phenoxy) is 1. The van der Waals surface area contributed by atoms with E-state index in [2.05, 4.69) is 6.58 Å². The van der Waals surface area contributed by atoms with E-state index in [-0.39, 0.29) is 29.3 Å². The normalized spacial score (nSPS) is 12.2. The molecule has 0 atom stereocenters. The zero-order valence-corrected chi connectivity index (χ0v) is 19.4. The lowest BCUT2D eigenvalue weighted by Crippen LogP contribution is -2.34. The fourth-order valence-electron chi connectivity index (χ4n) is 3.41. The van der Waals surface area contributed by atoms with Gasteiger partial charge >= 0.3 is 6.18 Å². The van der Waals surface area contributed by atoms with Crippen molar-refractivity contribution in [2.45, 2.75) is 26.9 Å². The maximum Gasteiger partial charge on any atom is 0.419 e. The van der Waals surface area contributed by atoms with Crippen molar-refractivity contribution in [1.82, 2.24) is 9.47 Å². The van der Waals surface area contributed by atoms with Crippen LogP contribution in [0.2, 0.25) is 0 Å². The van der Waals surface area contributed by atoms with Gasteiger partial charge in [0.1, 0.15) is 17.3 Å². The average molecular weight is 465 g/mol. The number of halogens is 4. The first-order valence-electron chi connectivity index (χ1n) is 10.3. The summed E-state index contributed by atoms with van der Waals surface area (Å²) < 4.78 is 60.4. The number of hydrogen-bond acceptors (Lipinski definition) is 2. The quantitative estimate of drug-likeness (QED) is 0.259. The predicted molar refractivity (Wildman–Crippen MR) is 121 cm³/mol. The van der Waals surface area contributed by atoms with Crippen LogP contribution in [0.25, 0.3) is 11.1 Å². The summed E-state index contributed by atoms with van der Waals surface area (Å²) in [6.07, 6.45) is 0.177. The number of methoxy groups -OCH3 is 1. The average Bonchev–Trinajstić information content (AvgIpc) is 3.13. The number of hydrogen-bond donors (Lipinski definition) is 0. The van der Waals surface area contributed by atoms with Gasteiger partial charge in [0.05, 0.1) is 12.7 Å². The van der Waals surface area contributed by atoms with Gasteiger partial charge in [-0.15, -0.1) is 0 Å². The minimum Gasteiger partial charge on any atom is -0.496 e. The molecule has 0 spiro atoms. The van der Waals surface area contributed by atoms with E-state index < -0.39 is 17.6 Å². The number of carbonyl (C=O) groups is 1. The van der Waals surface area contributed by atoms with Crippen molar-refractivity contribution in [3.63, 3.8) is 0 Å². The number of nitrogens with zero attached hydrogens (tertiary/aromatic N) is 2. The third-order valence-corrected chi connectivity index (χ3v) is 5.09. The summed E-state index contributed by atoms with van der Waals surface area (Å²) in [6, 6.07) is 4.27. The molecule has 0 bridgehead atoms. The largest absolute Gasteiger partial charge is 0.496 e. The Morgan fingerprint density at radius 3 is 2.42 bits per heavy atom. The van der Waals surface area contributed by atoms with Crippen molar-refractivity contribution in [2.75, 3.05) is 20.2 Å². The molecule has 0 saturated heterocycles. The molecule has 0 unspecified atom stereocenters. The Morgan fingerprint density at radius 2 is 1.91 bits per heavy atom. The van der Waals surface area contributed by atoms with Crippen LogP contribution in [0.5, 0.6) is 0 Å². The smallest absolute Gasteiger partial charge is 0.419 e. The van der Waals surface area contributed by atoms with E-state index >= 15 is 0 Å². The molecule has 2 rings (SSSR count). The third kappa shape index (κ3) is 5.94. The molecule has 1 amide bonds. The van der Waals surface area contributed by atoms with Gasteiger partial charge in [-0.1, -0.05) is 24.3 Å². The number of carbonyl (C=O) groups excluding carboxylic acids is 1. The topological polar surface area (TPSA) is 34.5 Å². The Hall–Kier alpha value is -3.29. The molecule has 1 heterocycles. The SMILES string of the molecule is C=C/C(CN(CC)C(=O)c1c(-c2ccc(F)c(C(F)(F)F)c2)ccn1C)=C(\C=C(C)C)OC. The molecular weight excluding hydrogens is 436 g/mol. The van der Waals surface area contributed by atoms with Gasteiger partial charge < -0.3 is 14.2 Å². The molecule has 33 heavy (non-hydrogen) atoms. The first-order chi connectivity index (χ1) is 15.4. The van der Waals surface area contributed by atoms with Crippen LogP contribution in [0.4, 0.5) is 17.6 Å². The van der Waals surface area contributed by atoms with E-state index in [4.69, 9.17) is 4.74 Å². The monoisotopic (exact) mass is 464 g/mol. The van der Waals surface area contributed by atoms with E-state index in [1.165, 1.54) is 13.2 Å². The number of amides is 1. The molecule has 0 N–H and O–H groups in total. The zero-order valence-electron chi connectivity index (χ0n) is 19.4. The molecule has 1 aromatic heterocycles. The highest BCUT2D eigenvalue weighted by Gasteiger charge is 2.35. The van der Waals surface area contributed by atoms with Crippen molar-refractivity contribution in [3.05, 3.63) is 83.2 Å². The molecule has 0 aliphatic carbocycles. The highest BCUT2D eigenvalue weighted by Crippen LogP contribution is 2.35. The Labute approximate surface area is 191 Å². The highest BCUT2D eigenvalue weighted by molar-refractivity contribution is 5.99. The van der Waals surface area contributed by atoms with Gasteiger partial charge in [0.2, 0.25) is 0 Å². The lowest BCUT2D eigenvalue weighted by Gasteiger charge is -2.24. The fraction of sp³-hybridized carbons (Fsp3) is 0.320. The van der Waals surface area contributed by atoms with Crippen molar-refractivity contribution in [3.8, 4) is 11.1 Å². The molecule has 0 fully saturated rings. The van der Waals surface area contributed by atoms with Crippen LogP contribution >= 0.6 is 0 Å². The lowest BCUT2D eigenvalue weighted by atomic mass is 10.0. The van der Waals surface area contributed by atoms with Gasteiger partial charge in [-0.05, 0) is 50.6 Å². The minimum atomic E-state index is -4.85. The van der Waals surface area contributed by atoms with Gasteiger partial charge in [0, 0.05) is 37.5 Å². The third-order valence-electron chi connectivity index (χ3n) is 5.09.